The number of carbonyl (C=O) groups is 1. The van der Waals surface area contributed by atoms with E-state index in [2.05, 4.69) is 17.6 Å². The second kappa shape index (κ2) is 10.0. The summed E-state index contributed by atoms with van der Waals surface area (Å²) < 4.78 is 1.78. The van der Waals surface area contributed by atoms with Gasteiger partial charge in [0.15, 0.2) is 0 Å². The highest BCUT2D eigenvalue weighted by Crippen LogP contribution is 2.28. The smallest absolute Gasteiger partial charge is 0.264 e. The molecule has 5 rings (SSSR count). The second-order valence-electron chi connectivity index (χ2n) is 8.19. The Balaban J connectivity index is 1.69. The van der Waals surface area contributed by atoms with Crippen LogP contribution in [0.3, 0.4) is 0 Å². The predicted molar refractivity (Wildman–Crippen MR) is 140 cm³/mol. The molecule has 0 aliphatic rings. The molecule has 0 atom stereocenters. The van der Waals surface area contributed by atoms with Gasteiger partial charge in [-0.15, -0.1) is 5.43 Å². The summed E-state index contributed by atoms with van der Waals surface area (Å²) in [7, 11) is 0. The number of amides is 1. The van der Waals surface area contributed by atoms with E-state index in [1.54, 1.807) is 4.68 Å². The van der Waals surface area contributed by atoms with E-state index in [0.29, 0.717) is 5.56 Å². The zero-order valence-electron chi connectivity index (χ0n) is 19.2. The van der Waals surface area contributed by atoms with Crippen molar-refractivity contribution in [2.45, 2.75) is 0 Å². The average Bonchev–Trinajstić information content (AvgIpc) is 2.94. The quantitative estimate of drug-likeness (QED) is 0.180. The lowest BCUT2D eigenvalue weighted by Gasteiger charge is -2.12. The summed E-state index contributed by atoms with van der Waals surface area (Å²) in [5.74, 6) is -0.378. The van der Waals surface area contributed by atoms with E-state index in [0.717, 1.165) is 33.6 Å². The lowest BCUT2D eigenvalue weighted by molar-refractivity contribution is -0.618. The minimum atomic E-state index is -0.486. The maximum absolute atomic E-state index is 13.3. The maximum Gasteiger partial charge on any atom is 0.305 e. The fourth-order valence-corrected chi connectivity index (χ4v) is 4.06. The van der Waals surface area contributed by atoms with Gasteiger partial charge in [0.05, 0.1) is 4.92 Å². The van der Waals surface area contributed by atoms with Gasteiger partial charge in [-0.25, -0.2) is 0 Å². The highest BCUT2D eigenvalue weighted by atomic mass is 16.6. The normalized spacial score (nSPS) is 10.6. The zero-order valence-corrected chi connectivity index (χ0v) is 19.2. The van der Waals surface area contributed by atoms with Crippen molar-refractivity contribution in [1.29, 1.82) is 0 Å². The van der Waals surface area contributed by atoms with Gasteiger partial charge in [0.2, 0.25) is 11.4 Å². The minimum Gasteiger partial charge on any atom is -0.264 e. The molecule has 174 valence electrons. The van der Waals surface area contributed by atoms with Gasteiger partial charge in [-0.2, -0.15) is 0 Å². The Morgan fingerprint density at radius 3 is 1.50 bits per heavy atom. The molecule has 0 aliphatic carbocycles. The number of nitrogens with zero attached hydrogens (tertiary/aromatic N) is 2. The first-order chi connectivity index (χ1) is 17.6. The third-order valence-corrected chi connectivity index (χ3v) is 5.87. The number of aromatic nitrogens is 1. The van der Waals surface area contributed by atoms with Crippen molar-refractivity contribution in [2.75, 3.05) is 5.43 Å². The molecule has 0 radical (unpaired) electrons. The van der Waals surface area contributed by atoms with Crippen LogP contribution in [0.5, 0.6) is 0 Å². The largest absolute Gasteiger partial charge is 0.305 e. The first-order valence-electron chi connectivity index (χ1n) is 11.4. The van der Waals surface area contributed by atoms with Crippen LogP contribution < -0.4 is 10.1 Å². The van der Waals surface area contributed by atoms with E-state index in [9.17, 15) is 14.9 Å². The highest BCUT2D eigenvalue weighted by Gasteiger charge is 2.26. The summed E-state index contributed by atoms with van der Waals surface area (Å²) in [6, 6.07) is 39.4. The molecule has 0 aliphatic heterocycles. The van der Waals surface area contributed by atoms with Crippen molar-refractivity contribution in [3.63, 3.8) is 0 Å². The summed E-state index contributed by atoms with van der Waals surface area (Å²) in [6.07, 6.45) is 0. The SMILES string of the molecule is O=C(N[n+]1c(-c2ccccc2)cc(-c2ccccc2)cc1-c1ccccc1)c1ccc([N+](=O)[O-])cc1. The molecule has 1 N–H and O–H groups in total. The number of rotatable bonds is 6. The van der Waals surface area contributed by atoms with Gasteiger partial charge < -0.3 is 0 Å². The fourth-order valence-electron chi connectivity index (χ4n) is 4.06. The Hall–Kier alpha value is -5.10. The predicted octanol–water partition coefficient (Wildman–Crippen LogP) is 6.27. The summed E-state index contributed by atoms with van der Waals surface area (Å²) in [4.78, 5) is 23.9. The number of nitrogens with one attached hydrogen (secondary N) is 1. The van der Waals surface area contributed by atoms with Crippen molar-refractivity contribution >= 4 is 11.6 Å². The first-order valence-corrected chi connectivity index (χ1v) is 11.4. The van der Waals surface area contributed by atoms with E-state index in [1.807, 2.05) is 91.0 Å². The molecule has 36 heavy (non-hydrogen) atoms. The number of non-ortho nitro benzene ring substituents is 1. The van der Waals surface area contributed by atoms with Crippen LogP contribution in [0.25, 0.3) is 33.6 Å². The molecule has 0 bridgehead atoms. The molecular weight excluding hydrogens is 450 g/mol. The van der Waals surface area contributed by atoms with Gasteiger partial charge >= 0.3 is 5.91 Å². The van der Waals surface area contributed by atoms with E-state index in [4.69, 9.17) is 0 Å². The number of pyridine rings is 1. The van der Waals surface area contributed by atoms with Crippen LogP contribution in [0.1, 0.15) is 10.4 Å². The lowest BCUT2D eigenvalue weighted by Crippen LogP contribution is -2.51. The molecular formula is C30H22N3O3+. The Labute approximate surface area is 208 Å². The third kappa shape index (κ3) is 4.74. The Kier molecular flexibility index (Phi) is 6.32. The number of nitro benzene ring substituents is 1. The molecule has 1 heterocycles. The van der Waals surface area contributed by atoms with Crippen LogP contribution in [-0.4, -0.2) is 10.8 Å². The van der Waals surface area contributed by atoms with E-state index >= 15 is 0 Å². The molecule has 0 saturated carbocycles. The fraction of sp³-hybridized carbons (Fsp3) is 0. The summed E-state index contributed by atoms with van der Waals surface area (Å²) >= 11 is 0. The molecule has 5 aromatic rings. The minimum absolute atomic E-state index is 0.0682. The van der Waals surface area contributed by atoms with Gasteiger partial charge in [0.1, 0.15) is 0 Å². The number of carbonyl (C=O) groups excluding carboxylic acids is 1. The summed E-state index contributed by atoms with van der Waals surface area (Å²) in [5, 5.41) is 11.0. The van der Waals surface area contributed by atoms with Crippen LogP contribution in [-0.2, 0) is 0 Å². The van der Waals surface area contributed by atoms with Crippen LogP contribution in [0.4, 0.5) is 5.69 Å². The van der Waals surface area contributed by atoms with E-state index in [1.165, 1.54) is 24.3 Å². The van der Waals surface area contributed by atoms with Gasteiger partial charge in [-0.3, -0.25) is 14.9 Å². The van der Waals surface area contributed by atoms with Crippen molar-refractivity contribution in [3.05, 3.63) is 143 Å². The summed E-state index contributed by atoms with van der Waals surface area (Å²) in [6.45, 7) is 0. The molecule has 4 aromatic carbocycles. The number of benzene rings is 4. The van der Waals surface area contributed by atoms with Crippen LogP contribution in [0.15, 0.2) is 127 Å². The van der Waals surface area contributed by atoms with Crippen molar-refractivity contribution in [1.82, 2.24) is 0 Å². The molecule has 0 saturated heterocycles. The lowest BCUT2D eigenvalue weighted by atomic mass is 9.99. The molecule has 0 unspecified atom stereocenters. The number of hydrogen-bond acceptors (Lipinski definition) is 3. The van der Waals surface area contributed by atoms with Crippen molar-refractivity contribution in [3.8, 4) is 33.6 Å². The topological polar surface area (TPSA) is 76.1 Å². The Morgan fingerprint density at radius 2 is 1.06 bits per heavy atom. The van der Waals surface area contributed by atoms with Gasteiger partial charge in [-0.05, 0) is 47.5 Å². The number of nitro groups is 1. The van der Waals surface area contributed by atoms with Crippen LogP contribution >= 0.6 is 0 Å². The van der Waals surface area contributed by atoms with Gasteiger partial charge in [0.25, 0.3) is 5.69 Å². The molecule has 0 spiro atoms. The highest BCUT2D eigenvalue weighted by molar-refractivity contribution is 5.99. The van der Waals surface area contributed by atoms with Gasteiger partial charge in [-0.1, -0.05) is 71.4 Å². The molecule has 1 amide bonds. The zero-order chi connectivity index (χ0) is 24.9. The van der Waals surface area contributed by atoms with Crippen LogP contribution in [0.2, 0.25) is 0 Å². The van der Waals surface area contributed by atoms with Crippen molar-refractivity contribution < 1.29 is 14.4 Å². The third-order valence-electron chi connectivity index (χ3n) is 5.87. The molecule has 6 heteroatoms. The Bertz CT molecular complexity index is 1460. The van der Waals surface area contributed by atoms with Gasteiger partial charge in [0, 0.05) is 41.0 Å². The Morgan fingerprint density at radius 1 is 0.611 bits per heavy atom. The molecule has 0 fully saturated rings. The van der Waals surface area contributed by atoms with Crippen molar-refractivity contribution in [2.24, 2.45) is 0 Å². The monoisotopic (exact) mass is 472 g/mol. The average molecular weight is 473 g/mol. The molecule has 1 aromatic heterocycles. The van der Waals surface area contributed by atoms with Crippen LogP contribution in [0, 0.1) is 10.1 Å². The molecule has 6 nitrogen and oxygen atoms in total. The van der Waals surface area contributed by atoms with E-state index in [-0.39, 0.29) is 11.6 Å². The number of hydrogen-bond donors (Lipinski definition) is 1. The summed E-state index contributed by atoms with van der Waals surface area (Å²) in [5.41, 5.74) is 8.79. The standard InChI is InChI=1S/C30H21N3O3/c34-30(25-16-18-27(19-17-25)33(35)36)31-32-28(23-12-6-2-7-13-23)20-26(22-10-4-1-5-11-22)21-29(32)24-14-8-3-9-15-24/h1-21H/p+1. The second-order valence-corrected chi connectivity index (χ2v) is 8.19. The maximum atomic E-state index is 13.3. The van der Waals surface area contributed by atoms with E-state index < -0.39 is 4.92 Å². The first kappa shape index (κ1) is 22.7.